The van der Waals surface area contributed by atoms with Gasteiger partial charge in [0.15, 0.2) is 0 Å². The van der Waals surface area contributed by atoms with E-state index in [4.69, 9.17) is 0 Å². The molecule has 0 spiro atoms. The second-order valence-electron chi connectivity index (χ2n) is 4.42. The van der Waals surface area contributed by atoms with Gasteiger partial charge in [-0.1, -0.05) is 0 Å². The molecule has 0 saturated heterocycles. The Hall–Kier alpha value is -2.23. The van der Waals surface area contributed by atoms with E-state index in [1.165, 1.54) is 24.3 Å². The first-order valence-electron chi connectivity index (χ1n) is 5.81. The average Bonchev–Trinajstić information content (AvgIpc) is 2.70. The number of hydrogen-bond acceptors (Lipinski definition) is 0. The van der Waals surface area contributed by atoms with Crippen molar-refractivity contribution < 1.29 is 13.2 Å². The Morgan fingerprint density at radius 2 is 1.53 bits per heavy atom. The van der Waals surface area contributed by atoms with Crippen LogP contribution in [0.2, 0.25) is 0 Å². The fraction of sp³-hybridized carbons (Fsp3) is 0.0667. The zero-order valence-corrected chi connectivity index (χ0v) is 9.91. The highest BCUT2D eigenvalue weighted by molar-refractivity contribution is 5.80. The van der Waals surface area contributed by atoms with Crippen molar-refractivity contribution in [2.45, 2.75) is 6.54 Å². The van der Waals surface area contributed by atoms with E-state index in [1.54, 1.807) is 16.8 Å². The van der Waals surface area contributed by atoms with E-state index in [0.717, 1.165) is 11.5 Å². The minimum absolute atomic E-state index is 0.293. The maximum atomic E-state index is 13.2. The first-order chi connectivity index (χ1) is 9.11. The van der Waals surface area contributed by atoms with E-state index >= 15 is 0 Å². The van der Waals surface area contributed by atoms with Crippen LogP contribution < -0.4 is 0 Å². The Balaban J connectivity index is 2.03. The van der Waals surface area contributed by atoms with Crippen LogP contribution in [-0.4, -0.2) is 4.57 Å². The second-order valence-corrected chi connectivity index (χ2v) is 4.42. The molecule has 0 radical (unpaired) electrons. The lowest BCUT2D eigenvalue weighted by Gasteiger charge is -2.06. The molecule has 1 heterocycles. The van der Waals surface area contributed by atoms with E-state index in [9.17, 15) is 13.2 Å². The fourth-order valence-electron chi connectivity index (χ4n) is 2.19. The van der Waals surface area contributed by atoms with E-state index in [-0.39, 0.29) is 5.82 Å². The molecule has 0 atom stereocenters. The fourth-order valence-corrected chi connectivity index (χ4v) is 2.19. The van der Waals surface area contributed by atoms with E-state index in [0.29, 0.717) is 17.6 Å². The third-order valence-corrected chi connectivity index (χ3v) is 3.01. The molecule has 0 aliphatic rings. The minimum atomic E-state index is -0.613. The molecule has 96 valence electrons. The molecule has 0 unspecified atom stereocenters. The lowest BCUT2D eigenvalue weighted by Crippen LogP contribution is -1.99. The Morgan fingerprint density at radius 3 is 2.26 bits per heavy atom. The summed E-state index contributed by atoms with van der Waals surface area (Å²) in [6.45, 7) is 0.293. The molecule has 4 heteroatoms. The monoisotopic (exact) mass is 261 g/mol. The predicted octanol–water partition coefficient (Wildman–Crippen LogP) is 4.11. The molecular weight excluding hydrogens is 251 g/mol. The molecule has 0 fully saturated rings. The summed E-state index contributed by atoms with van der Waals surface area (Å²) in [5.41, 5.74) is 1.20. The summed E-state index contributed by atoms with van der Waals surface area (Å²) in [5.74, 6) is -1.56. The molecule has 19 heavy (non-hydrogen) atoms. The zero-order valence-electron chi connectivity index (χ0n) is 9.91. The van der Waals surface area contributed by atoms with Crippen molar-refractivity contribution in [2.75, 3.05) is 0 Å². The van der Waals surface area contributed by atoms with Crippen LogP contribution in [0.1, 0.15) is 5.56 Å². The number of rotatable bonds is 2. The van der Waals surface area contributed by atoms with Gasteiger partial charge in [-0.15, -0.1) is 0 Å². The van der Waals surface area contributed by atoms with Crippen molar-refractivity contribution in [3.63, 3.8) is 0 Å². The molecule has 0 aliphatic carbocycles. The summed E-state index contributed by atoms with van der Waals surface area (Å²) in [5, 5.41) is 0.887. The Labute approximate surface area is 107 Å². The van der Waals surface area contributed by atoms with Crippen LogP contribution in [-0.2, 0) is 6.54 Å². The number of fused-ring (bicyclic) bond motifs is 1. The van der Waals surface area contributed by atoms with Gasteiger partial charge in [0.05, 0.1) is 5.52 Å². The molecular formula is C15H10F3N. The first kappa shape index (κ1) is 11.8. The number of aromatic nitrogens is 1. The first-order valence-corrected chi connectivity index (χ1v) is 5.81. The molecule has 0 N–H and O–H groups in total. The summed E-state index contributed by atoms with van der Waals surface area (Å²) in [4.78, 5) is 0. The third kappa shape index (κ3) is 2.34. The Morgan fingerprint density at radius 1 is 0.789 bits per heavy atom. The number of nitrogens with zero attached hydrogens (tertiary/aromatic N) is 1. The highest BCUT2D eigenvalue weighted by Crippen LogP contribution is 2.19. The van der Waals surface area contributed by atoms with Gasteiger partial charge in [0.25, 0.3) is 0 Å². The lowest BCUT2D eigenvalue weighted by atomic mass is 10.2. The second kappa shape index (κ2) is 4.46. The number of halogens is 3. The zero-order chi connectivity index (χ0) is 13.4. The molecule has 0 saturated carbocycles. The number of hydrogen-bond donors (Lipinski definition) is 0. The summed E-state index contributed by atoms with van der Waals surface area (Å²) in [7, 11) is 0. The van der Waals surface area contributed by atoms with Crippen LogP contribution in [0.25, 0.3) is 10.9 Å². The predicted molar refractivity (Wildman–Crippen MR) is 67.4 cm³/mol. The van der Waals surface area contributed by atoms with Gasteiger partial charge in [0, 0.05) is 18.8 Å². The van der Waals surface area contributed by atoms with Crippen LogP contribution >= 0.6 is 0 Å². The van der Waals surface area contributed by atoms with Crippen molar-refractivity contribution in [3.05, 3.63) is 71.7 Å². The third-order valence-electron chi connectivity index (χ3n) is 3.01. The van der Waals surface area contributed by atoms with E-state index in [2.05, 4.69) is 0 Å². The summed E-state index contributed by atoms with van der Waals surface area (Å²) in [6, 6.07) is 9.68. The van der Waals surface area contributed by atoms with Crippen LogP contribution in [0.3, 0.4) is 0 Å². The molecule has 0 aliphatic heterocycles. The standard InChI is InChI=1S/C15H10F3N/c16-12-2-1-11-3-4-19(15(11)8-12)9-10-5-13(17)7-14(18)6-10/h1-8H,9H2. The molecule has 3 rings (SSSR count). The van der Waals surface area contributed by atoms with Crippen molar-refractivity contribution in [1.29, 1.82) is 0 Å². The van der Waals surface area contributed by atoms with Crippen LogP contribution in [0.5, 0.6) is 0 Å². The molecule has 2 aromatic carbocycles. The smallest absolute Gasteiger partial charge is 0.126 e. The van der Waals surface area contributed by atoms with Gasteiger partial charge in [-0.25, -0.2) is 13.2 Å². The highest BCUT2D eigenvalue weighted by atomic mass is 19.1. The van der Waals surface area contributed by atoms with Gasteiger partial charge in [0.2, 0.25) is 0 Å². The number of benzene rings is 2. The molecule has 1 nitrogen and oxygen atoms in total. The van der Waals surface area contributed by atoms with Crippen LogP contribution in [0.4, 0.5) is 13.2 Å². The minimum Gasteiger partial charge on any atom is -0.343 e. The topological polar surface area (TPSA) is 4.93 Å². The van der Waals surface area contributed by atoms with Gasteiger partial charge in [0.1, 0.15) is 17.5 Å². The molecule has 0 amide bonds. The summed E-state index contributed by atoms with van der Waals surface area (Å²) < 4.78 is 41.2. The maximum Gasteiger partial charge on any atom is 0.126 e. The van der Waals surface area contributed by atoms with Gasteiger partial charge in [-0.05, 0) is 47.3 Å². The maximum absolute atomic E-state index is 13.2. The van der Waals surface area contributed by atoms with Gasteiger partial charge < -0.3 is 4.57 Å². The molecule has 3 aromatic rings. The summed E-state index contributed by atoms with van der Waals surface area (Å²) >= 11 is 0. The summed E-state index contributed by atoms with van der Waals surface area (Å²) in [6.07, 6.45) is 1.77. The van der Waals surface area contributed by atoms with Gasteiger partial charge in [-0.2, -0.15) is 0 Å². The van der Waals surface area contributed by atoms with Crippen molar-refractivity contribution in [3.8, 4) is 0 Å². The SMILES string of the molecule is Fc1cc(F)cc(Cn2ccc3ccc(F)cc32)c1. The highest BCUT2D eigenvalue weighted by Gasteiger charge is 2.05. The van der Waals surface area contributed by atoms with Crippen molar-refractivity contribution in [1.82, 2.24) is 4.57 Å². The van der Waals surface area contributed by atoms with E-state index < -0.39 is 11.6 Å². The average molecular weight is 261 g/mol. The quantitative estimate of drug-likeness (QED) is 0.654. The van der Waals surface area contributed by atoms with Crippen LogP contribution in [0, 0.1) is 17.5 Å². The van der Waals surface area contributed by atoms with Gasteiger partial charge >= 0.3 is 0 Å². The normalized spacial score (nSPS) is 11.1. The van der Waals surface area contributed by atoms with E-state index in [1.807, 2.05) is 6.07 Å². The van der Waals surface area contributed by atoms with Crippen molar-refractivity contribution >= 4 is 10.9 Å². The Kier molecular flexibility index (Phi) is 2.78. The Bertz CT molecular complexity index is 726. The van der Waals surface area contributed by atoms with Gasteiger partial charge in [-0.3, -0.25) is 0 Å². The van der Waals surface area contributed by atoms with Crippen LogP contribution in [0.15, 0.2) is 48.7 Å². The van der Waals surface area contributed by atoms with Crippen molar-refractivity contribution in [2.24, 2.45) is 0 Å². The lowest BCUT2D eigenvalue weighted by molar-refractivity contribution is 0.578. The largest absolute Gasteiger partial charge is 0.343 e. The molecule has 1 aromatic heterocycles. The molecule has 0 bridgehead atoms.